The summed E-state index contributed by atoms with van der Waals surface area (Å²) in [5, 5.41) is 10.9. The highest BCUT2D eigenvalue weighted by Gasteiger charge is 2.41. The Morgan fingerprint density at radius 1 is 0.968 bits per heavy atom. The minimum Gasteiger partial charge on any atom is -0.308 e. The van der Waals surface area contributed by atoms with Crippen LogP contribution in [-0.4, -0.2) is 47.9 Å². The fourth-order valence-corrected chi connectivity index (χ4v) is 4.43. The van der Waals surface area contributed by atoms with E-state index in [9.17, 15) is 14.9 Å². The van der Waals surface area contributed by atoms with E-state index < -0.39 is 4.92 Å². The quantitative estimate of drug-likeness (QED) is 0.420. The summed E-state index contributed by atoms with van der Waals surface area (Å²) in [4.78, 5) is 34.1. The van der Waals surface area contributed by atoms with Gasteiger partial charge in [0.2, 0.25) is 5.96 Å². The van der Waals surface area contributed by atoms with Gasteiger partial charge in [0.1, 0.15) is 5.70 Å². The zero-order chi connectivity index (χ0) is 21.4. The molecule has 3 aliphatic rings. The molecule has 0 unspecified atom stereocenters. The Morgan fingerprint density at radius 3 is 2.39 bits per heavy atom. The van der Waals surface area contributed by atoms with Gasteiger partial charge in [0.05, 0.1) is 16.3 Å². The van der Waals surface area contributed by atoms with E-state index in [4.69, 9.17) is 0 Å². The number of carbonyl (C=O) groups excluding carboxylic acids is 1. The molecule has 0 atom stereocenters. The number of para-hydroxylation sites is 2. The molecule has 8 heteroatoms. The highest BCUT2D eigenvalue weighted by molar-refractivity contribution is 6.31. The van der Waals surface area contributed by atoms with E-state index in [1.54, 1.807) is 18.2 Å². The number of hydrogen-bond acceptors (Lipinski definition) is 6. The first kappa shape index (κ1) is 19.4. The van der Waals surface area contributed by atoms with Gasteiger partial charge in [-0.25, -0.2) is 0 Å². The van der Waals surface area contributed by atoms with Crippen LogP contribution in [0.3, 0.4) is 0 Å². The van der Waals surface area contributed by atoms with E-state index in [-0.39, 0.29) is 11.6 Å². The monoisotopic (exact) mass is 417 g/mol. The lowest BCUT2D eigenvalue weighted by molar-refractivity contribution is -0.384. The molecule has 0 aromatic heterocycles. The number of hydrogen-bond donors (Lipinski definition) is 0. The second-order valence-electron chi connectivity index (χ2n) is 7.97. The van der Waals surface area contributed by atoms with E-state index >= 15 is 0 Å². The lowest BCUT2D eigenvalue weighted by atomic mass is 10.1. The lowest BCUT2D eigenvalue weighted by Gasteiger charge is -2.29. The van der Waals surface area contributed by atoms with Crippen LogP contribution in [0.15, 0.2) is 59.2 Å². The summed E-state index contributed by atoms with van der Waals surface area (Å²) in [5.41, 5.74) is 3.16. The number of likely N-dealkylation sites (tertiary alicyclic amines) is 1. The summed E-state index contributed by atoms with van der Waals surface area (Å²) in [5.74, 6) is 0.335. The molecule has 31 heavy (non-hydrogen) atoms. The predicted molar refractivity (Wildman–Crippen MR) is 120 cm³/mol. The van der Waals surface area contributed by atoms with Crippen LogP contribution in [0.25, 0.3) is 6.08 Å². The summed E-state index contributed by atoms with van der Waals surface area (Å²) in [6.07, 6.45) is 5.52. The number of anilines is 2. The van der Waals surface area contributed by atoms with Crippen molar-refractivity contribution in [3.8, 4) is 0 Å². The molecule has 2 aromatic rings. The van der Waals surface area contributed by atoms with Gasteiger partial charge >= 0.3 is 0 Å². The van der Waals surface area contributed by atoms with Crippen molar-refractivity contribution in [1.29, 1.82) is 0 Å². The molecule has 5 rings (SSSR count). The number of piperidine rings is 1. The number of benzene rings is 2. The van der Waals surface area contributed by atoms with Gasteiger partial charge in [-0.05, 0) is 61.8 Å². The van der Waals surface area contributed by atoms with Gasteiger partial charge in [-0.1, -0.05) is 18.6 Å². The molecule has 0 saturated carbocycles. The molecule has 3 aliphatic heterocycles. The van der Waals surface area contributed by atoms with Crippen molar-refractivity contribution >= 4 is 35.0 Å². The maximum Gasteiger partial charge on any atom is 0.297 e. The minimum absolute atomic E-state index is 0.0206. The molecule has 0 spiro atoms. The van der Waals surface area contributed by atoms with E-state index in [1.165, 1.54) is 31.4 Å². The lowest BCUT2D eigenvalue weighted by Crippen LogP contribution is -2.41. The van der Waals surface area contributed by atoms with Crippen LogP contribution in [0.4, 0.5) is 17.1 Å². The molecule has 158 valence electrons. The Balaban J connectivity index is 1.44. The molecule has 0 N–H and O–H groups in total. The van der Waals surface area contributed by atoms with E-state index in [2.05, 4.69) is 20.9 Å². The fraction of sp³-hybridized carbons (Fsp3) is 0.304. The minimum atomic E-state index is -0.435. The third kappa shape index (κ3) is 3.59. The van der Waals surface area contributed by atoms with Crippen LogP contribution in [0.2, 0.25) is 0 Å². The highest BCUT2D eigenvalue weighted by Crippen LogP contribution is 2.42. The predicted octanol–water partition coefficient (Wildman–Crippen LogP) is 3.64. The van der Waals surface area contributed by atoms with Gasteiger partial charge in [-0.3, -0.25) is 19.8 Å². The van der Waals surface area contributed by atoms with Crippen LogP contribution in [-0.2, 0) is 4.79 Å². The summed E-state index contributed by atoms with van der Waals surface area (Å²) in [7, 11) is 0. The van der Waals surface area contributed by atoms with Crippen molar-refractivity contribution in [2.75, 3.05) is 36.0 Å². The van der Waals surface area contributed by atoms with Crippen molar-refractivity contribution < 1.29 is 9.72 Å². The Labute approximate surface area is 180 Å². The average molecular weight is 417 g/mol. The standard InChI is InChI=1S/C23H23N5O3/c29-22-21(16-17-8-10-18(11-9-17)28(30)31)27-20-7-3-2-6-19(20)26(23(27)24-22)15-14-25-12-4-1-5-13-25/h2-3,6-11,16H,1,4-5,12-15H2/b21-16+. The molecule has 1 amide bonds. The van der Waals surface area contributed by atoms with Crippen molar-refractivity contribution in [1.82, 2.24) is 4.90 Å². The first-order valence-electron chi connectivity index (χ1n) is 10.6. The maximum absolute atomic E-state index is 12.8. The number of nitrogens with zero attached hydrogens (tertiary/aromatic N) is 5. The molecule has 2 aromatic carbocycles. The van der Waals surface area contributed by atoms with Gasteiger partial charge < -0.3 is 9.80 Å². The summed E-state index contributed by atoms with van der Waals surface area (Å²) < 4.78 is 0. The first-order valence-corrected chi connectivity index (χ1v) is 10.6. The number of amides is 1. The molecular weight excluding hydrogens is 394 g/mol. The van der Waals surface area contributed by atoms with Crippen LogP contribution in [0.5, 0.6) is 0 Å². The van der Waals surface area contributed by atoms with Gasteiger partial charge in [0.25, 0.3) is 11.6 Å². The third-order valence-electron chi connectivity index (χ3n) is 6.01. The zero-order valence-corrected chi connectivity index (χ0v) is 17.1. The number of aliphatic imine (C=N–C) groups is 1. The molecule has 0 bridgehead atoms. The average Bonchev–Trinajstić information content (AvgIpc) is 3.27. The van der Waals surface area contributed by atoms with Crippen molar-refractivity contribution in [2.24, 2.45) is 4.99 Å². The number of nitro groups is 1. The first-order chi connectivity index (χ1) is 15.1. The third-order valence-corrected chi connectivity index (χ3v) is 6.01. The van der Waals surface area contributed by atoms with Crippen LogP contribution >= 0.6 is 0 Å². The van der Waals surface area contributed by atoms with Gasteiger partial charge in [-0.2, -0.15) is 4.99 Å². The number of fused-ring (bicyclic) bond motifs is 3. The molecule has 3 heterocycles. The fourth-order valence-electron chi connectivity index (χ4n) is 4.43. The van der Waals surface area contributed by atoms with Crippen molar-refractivity contribution in [3.05, 3.63) is 69.9 Å². The van der Waals surface area contributed by atoms with E-state index in [0.29, 0.717) is 11.7 Å². The number of guanidine groups is 1. The van der Waals surface area contributed by atoms with Gasteiger partial charge in [-0.15, -0.1) is 0 Å². The van der Waals surface area contributed by atoms with Crippen LogP contribution in [0.1, 0.15) is 24.8 Å². The Kier molecular flexibility index (Phi) is 4.99. The molecule has 1 saturated heterocycles. The van der Waals surface area contributed by atoms with Crippen molar-refractivity contribution in [3.63, 3.8) is 0 Å². The summed E-state index contributed by atoms with van der Waals surface area (Å²) in [6.45, 7) is 3.94. The SMILES string of the molecule is O=C1N=C2N(CCN3CCCCC3)c3ccccc3N2/C1=C/c1ccc([N+](=O)[O-])cc1. The number of nitro benzene ring substituents is 1. The van der Waals surface area contributed by atoms with Crippen molar-refractivity contribution in [2.45, 2.75) is 19.3 Å². The highest BCUT2D eigenvalue weighted by atomic mass is 16.6. The maximum atomic E-state index is 12.8. The Bertz CT molecular complexity index is 1090. The zero-order valence-electron chi connectivity index (χ0n) is 17.1. The number of carbonyl (C=O) groups is 1. The summed E-state index contributed by atoms with van der Waals surface area (Å²) in [6, 6.07) is 14.2. The molecule has 8 nitrogen and oxygen atoms in total. The summed E-state index contributed by atoms with van der Waals surface area (Å²) >= 11 is 0. The topological polar surface area (TPSA) is 82.3 Å². The normalized spacial score (nSPS) is 19.5. The smallest absolute Gasteiger partial charge is 0.297 e. The Morgan fingerprint density at radius 2 is 1.68 bits per heavy atom. The van der Waals surface area contributed by atoms with Gasteiger partial charge in [0.15, 0.2) is 0 Å². The van der Waals surface area contributed by atoms with E-state index in [0.717, 1.165) is 43.1 Å². The number of non-ortho nitro benzene ring substituents is 1. The molecule has 0 radical (unpaired) electrons. The largest absolute Gasteiger partial charge is 0.308 e. The van der Waals surface area contributed by atoms with E-state index in [1.807, 2.05) is 23.1 Å². The van der Waals surface area contributed by atoms with Crippen LogP contribution < -0.4 is 9.80 Å². The second kappa shape index (κ2) is 7.96. The molecular formula is C23H23N5O3. The molecule has 0 aliphatic carbocycles. The molecule has 1 fully saturated rings. The van der Waals surface area contributed by atoms with Crippen LogP contribution in [0, 0.1) is 10.1 Å². The second-order valence-corrected chi connectivity index (χ2v) is 7.97. The number of rotatable bonds is 5. The Hall–Kier alpha value is -3.52. The van der Waals surface area contributed by atoms with Gasteiger partial charge in [0, 0.05) is 25.2 Å².